The number of hydrogen-bond donors (Lipinski definition) is 4. The zero-order valence-electron chi connectivity index (χ0n) is 35.3. The number of nitrogens with one attached hydrogen (secondary N) is 4. The summed E-state index contributed by atoms with van der Waals surface area (Å²) in [6.45, 7) is 2.44. The van der Waals surface area contributed by atoms with Gasteiger partial charge in [-0.3, -0.25) is 48.8 Å². The maximum Gasteiger partial charge on any atom is 0.267 e. The normalized spacial score (nSPS) is 16.0. The SMILES string of the molecule is O=C(COc1cccc2c1C(=O)N(C1CCC(=O)NC1=O)C2=O)NCCOCCOCCOCCNC(=O)c1cc2c(-c3cncc(-c4ccc(N5CCCC5=O)cc4)c3)ccnc2[nH]1. The van der Waals surface area contributed by atoms with Gasteiger partial charge in [-0.15, -0.1) is 0 Å². The number of piperidine rings is 1. The number of fused-ring (bicyclic) bond motifs is 2. The van der Waals surface area contributed by atoms with E-state index in [4.69, 9.17) is 18.9 Å². The molecule has 336 valence electrons. The van der Waals surface area contributed by atoms with Gasteiger partial charge in [0.2, 0.25) is 17.7 Å². The first-order chi connectivity index (χ1) is 31.7. The lowest BCUT2D eigenvalue weighted by molar-refractivity contribution is -0.136. The monoisotopic (exact) mass is 886 g/mol. The highest BCUT2D eigenvalue weighted by Crippen LogP contribution is 2.34. The van der Waals surface area contributed by atoms with Crippen molar-refractivity contribution in [1.29, 1.82) is 0 Å². The number of carbonyl (C=O) groups is 7. The lowest BCUT2D eigenvalue weighted by atomic mass is 10.0. The van der Waals surface area contributed by atoms with Crippen molar-refractivity contribution in [2.45, 2.75) is 31.7 Å². The van der Waals surface area contributed by atoms with Crippen molar-refractivity contribution >= 4 is 58.1 Å². The summed E-state index contributed by atoms with van der Waals surface area (Å²) in [5.41, 5.74) is 5.46. The number of aromatic nitrogens is 3. The highest BCUT2D eigenvalue weighted by Gasteiger charge is 2.46. The molecule has 2 fully saturated rings. The van der Waals surface area contributed by atoms with Gasteiger partial charge in [0.25, 0.3) is 23.6 Å². The van der Waals surface area contributed by atoms with Crippen LogP contribution in [0.3, 0.4) is 0 Å². The molecule has 7 amide bonds. The number of aromatic amines is 1. The first kappa shape index (κ1) is 44.3. The maximum atomic E-state index is 13.2. The molecule has 19 nitrogen and oxygen atoms in total. The van der Waals surface area contributed by atoms with Crippen molar-refractivity contribution in [3.8, 4) is 28.0 Å². The molecule has 4 N–H and O–H groups in total. The molecule has 5 aromatic rings. The summed E-state index contributed by atoms with van der Waals surface area (Å²) in [6.07, 6.45) is 6.73. The van der Waals surface area contributed by atoms with Crippen molar-refractivity contribution in [2.24, 2.45) is 0 Å². The second-order valence-electron chi connectivity index (χ2n) is 15.3. The van der Waals surface area contributed by atoms with Crippen LogP contribution < -0.4 is 25.6 Å². The third-order valence-corrected chi connectivity index (χ3v) is 11.0. The molecule has 2 aromatic carbocycles. The number of carbonyl (C=O) groups excluding carboxylic acids is 7. The lowest BCUT2D eigenvalue weighted by Crippen LogP contribution is -2.54. The molecule has 1 atom stereocenters. The minimum absolute atomic E-state index is 0.000344. The van der Waals surface area contributed by atoms with Crippen molar-refractivity contribution < 1.29 is 52.5 Å². The summed E-state index contributed by atoms with van der Waals surface area (Å²) in [6, 6.07) is 16.9. The van der Waals surface area contributed by atoms with Gasteiger partial charge in [0.15, 0.2) is 6.61 Å². The Bertz CT molecular complexity index is 2630. The summed E-state index contributed by atoms with van der Waals surface area (Å²) in [5, 5.41) is 8.43. The van der Waals surface area contributed by atoms with E-state index in [2.05, 4.69) is 30.9 Å². The predicted octanol–water partition coefficient (Wildman–Crippen LogP) is 2.79. The van der Waals surface area contributed by atoms with E-state index < -0.39 is 42.2 Å². The summed E-state index contributed by atoms with van der Waals surface area (Å²) in [5.74, 6) is -3.19. The molecule has 19 heteroatoms. The fraction of sp³-hybridized carbons (Fsp3) is 0.326. The van der Waals surface area contributed by atoms with E-state index in [1.807, 2.05) is 41.3 Å². The minimum atomic E-state index is -1.11. The lowest BCUT2D eigenvalue weighted by Gasteiger charge is -2.27. The number of nitrogens with zero attached hydrogens (tertiary/aromatic N) is 4. The smallest absolute Gasteiger partial charge is 0.267 e. The highest BCUT2D eigenvalue weighted by atomic mass is 16.5. The van der Waals surface area contributed by atoms with Crippen LogP contribution in [0.25, 0.3) is 33.3 Å². The average Bonchev–Trinajstić information content (AvgIpc) is 4.03. The summed E-state index contributed by atoms with van der Waals surface area (Å²) < 4.78 is 22.2. The minimum Gasteiger partial charge on any atom is -0.483 e. The fourth-order valence-electron chi connectivity index (χ4n) is 7.84. The molecule has 6 heterocycles. The number of hydrogen-bond acceptors (Lipinski definition) is 13. The molecule has 0 radical (unpaired) electrons. The highest BCUT2D eigenvalue weighted by molar-refractivity contribution is 6.24. The molecule has 3 aliphatic rings. The number of imide groups is 2. The van der Waals surface area contributed by atoms with Crippen LogP contribution in [0, 0.1) is 0 Å². The average molecular weight is 887 g/mol. The molecule has 0 aliphatic carbocycles. The van der Waals surface area contributed by atoms with Crippen LogP contribution >= 0.6 is 0 Å². The number of rotatable bonds is 20. The van der Waals surface area contributed by atoms with E-state index in [0.29, 0.717) is 37.6 Å². The summed E-state index contributed by atoms with van der Waals surface area (Å²) in [7, 11) is 0. The number of amides is 7. The zero-order valence-corrected chi connectivity index (χ0v) is 35.3. The molecule has 3 aliphatic heterocycles. The second kappa shape index (κ2) is 20.4. The van der Waals surface area contributed by atoms with Gasteiger partial charge in [-0.05, 0) is 66.4 Å². The van der Waals surface area contributed by atoms with E-state index in [1.165, 1.54) is 18.2 Å². The molecular weight excluding hydrogens is 841 g/mol. The van der Waals surface area contributed by atoms with E-state index >= 15 is 0 Å². The van der Waals surface area contributed by atoms with Gasteiger partial charge in [0, 0.05) is 73.3 Å². The standard InChI is InChI=1S/C46H46N8O11/c55-38-11-10-36(44(59)52-38)54-45(60)33-3-1-4-37(41(33)46(54)61)65-27-39(56)48-14-17-62-19-21-64-22-20-63-18-15-50-43(58)35-24-34-32(12-13-49-42(34)51-35)30-23-29(25-47-26-30)28-6-8-31(9-7-28)53-16-2-5-40(53)57/h1,3-4,6-9,12-13,23-26,36H,2,5,10-11,14-22,27H2,(H,48,56)(H,49,51)(H,50,58)(H,52,55,59). The van der Waals surface area contributed by atoms with Crippen LogP contribution in [-0.4, -0.2) is 133 Å². The van der Waals surface area contributed by atoms with E-state index in [-0.39, 0.29) is 74.4 Å². The van der Waals surface area contributed by atoms with Gasteiger partial charge >= 0.3 is 0 Å². The first-order valence-corrected chi connectivity index (χ1v) is 21.3. The molecule has 8 rings (SSSR count). The predicted molar refractivity (Wildman–Crippen MR) is 233 cm³/mol. The first-order valence-electron chi connectivity index (χ1n) is 21.3. The van der Waals surface area contributed by atoms with Crippen molar-refractivity contribution in [2.75, 3.05) is 70.8 Å². The van der Waals surface area contributed by atoms with E-state index in [1.54, 1.807) is 24.7 Å². The Morgan fingerprint density at radius 2 is 1.51 bits per heavy atom. The third kappa shape index (κ3) is 10.2. The summed E-state index contributed by atoms with van der Waals surface area (Å²) >= 11 is 0. The molecule has 0 bridgehead atoms. The Hall–Kier alpha value is -7.35. The van der Waals surface area contributed by atoms with Crippen LogP contribution in [-0.2, 0) is 33.4 Å². The third-order valence-electron chi connectivity index (χ3n) is 11.0. The molecule has 0 spiro atoms. The van der Waals surface area contributed by atoms with Gasteiger partial charge < -0.3 is 39.5 Å². The molecule has 3 aromatic heterocycles. The topological polar surface area (TPSA) is 241 Å². The number of ether oxygens (including phenoxy) is 4. The van der Waals surface area contributed by atoms with Gasteiger partial charge in [-0.2, -0.15) is 0 Å². The van der Waals surface area contributed by atoms with Crippen LogP contribution in [0.1, 0.15) is 56.9 Å². The van der Waals surface area contributed by atoms with Crippen molar-refractivity contribution in [1.82, 2.24) is 35.8 Å². The molecule has 0 saturated carbocycles. The Kier molecular flexibility index (Phi) is 13.9. The van der Waals surface area contributed by atoms with Crippen LogP contribution in [0.5, 0.6) is 5.75 Å². The van der Waals surface area contributed by atoms with Gasteiger partial charge in [-0.25, -0.2) is 4.98 Å². The number of H-pyrrole nitrogens is 1. The molecular formula is C46H46N8O11. The van der Waals surface area contributed by atoms with E-state index in [9.17, 15) is 33.6 Å². The van der Waals surface area contributed by atoms with Crippen LogP contribution in [0.4, 0.5) is 5.69 Å². The maximum absolute atomic E-state index is 13.2. The Labute approximate surface area is 372 Å². The van der Waals surface area contributed by atoms with Gasteiger partial charge in [-0.1, -0.05) is 18.2 Å². The van der Waals surface area contributed by atoms with Crippen molar-refractivity contribution in [3.05, 3.63) is 96.1 Å². The Morgan fingerprint density at radius 3 is 2.25 bits per heavy atom. The molecule has 65 heavy (non-hydrogen) atoms. The van der Waals surface area contributed by atoms with Crippen LogP contribution in [0.2, 0.25) is 0 Å². The van der Waals surface area contributed by atoms with Crippen molar-refractivity contribution in [3.63, 3.8) is 0 Å². The number of pyridine rings is 2. The molecule has 2 saturated heterocycles. The van der Waals surface area contributed by atoms with Gasteiger partial charge in [0.1, 0.15) is 23.1 Å². The largest absolute Gasteiger partial charge is 0.483 e. The second-order valence-corrected chi connectivity index (χ2v) is 15.3. The quantitative estimate of drug-likeness (QED) is 0.0651. The molecule has 1 unspecified atom stereocenters. The van der Waals surface area contributed by atoms with E-state index in [0.717, 1.165) is 51.2 Å². The fourth-order valence-corrected chi connectivity index (χ4v) is 7.84. The number of anilines is 1. The van der Waals surface area contributed by atoms with Gasteiger partial charge in [0.05, 0.1) is 50.8 Å². The summed E-state index contributed by atoms with van der Waals surface area (Å²) in [4.78, 5) is 102. The Morgan fingerprint density at radius 1 is 0.769 bits per heavy atom. The Balaban J connectivity index is 0.685. The van der Waals surface area contributed by atoms with Crippen LogP contribution in [0.15, 0.2) is 79.3 Å². The zero-order chi connectivity index (χ0) is 45.3. The number of benzene rings is 2.